The standard InChI is InChI=1S/C21H24FN5OS/c1-3-18-14-26-20(29-18)9-10-24-21(23-2)27-13-15-7-8-19(25-12-15)28-17-6-4-5-16(22)11-17/h4-8,11-12,14H,3,9-10,13H2,1-2H3,(H2,23,24,27). The molecule has 3 aromatic rings. The minimum atomic E-state index is -0.345. The van der Waals surface area contributed by atoms with Gasteiger partial charge in [-0.25, -0.2) is 14.4 Å². The summed E-state index contributed by atoms with van der Waals surface area (Å²) < 4.78 is 18.8. The normalized spacial score (nSPS) is 11.3. The Morgan fingerprint density at radius 3 is 2.76 bits per heavy atom. The van der Waals surface area contributed by atoms with E-state index in [1.165, 1.54) is 17.0 Å². The van der Waals surface area contributed by atoms with Crippen LogP contribution in [0.15, 0.2) is 53.8 Å². The summed E-state index contributed by atoms with van der Waals surface area (Å²) in [6.45, 7) is 3.47. The van der Waals surface area contributed by atoms with Crippen molar-refractivity contribution in [2.45, 2.75) is 26.3 Å². The average Bonchev–Trinajstić information content (AvgIpc) is 3.20. The van der Waals surface area contributed by atoms with Gasteiger partial charge in [-0.2, -0.15) is 0 Å². The number of aryl methyl sites for hydroxylation is 1. The number of nitrogens with zero attached hydrogens (tertiary/aromatic N) is 3. The van der Waals surface area contributed by atoms with Gasteiger partial charge in [0, 0.05) is 56.0 Å². The maximum absolute atomic E-state index is 13.2. The van der Waals surface area contributed by atoms with Crippen LogP contribution in [0.1, 0.15) is 22.4 Å². The van der Waals surface area contributed by atoms with E-state index in [1.54, 1.807) is 42.8 Å². The Morgan fingerprint density at radius 2 is 2.07 bits per heavy atom. The number of aliphatic imine (C=N–C) groups is 1. The number of rotatable bonds is 8. The predicted molar refractivity (Wildman–Crippen MR) is 114 cm³/mol. The van der Waals surface area contributed by atoms with Gasteiger partial charge in [0.1, 0.15) is 11.6 Å². The molecule has 2 heterocycles. The zero-order valence-corrected chi connectivity index (χ0v) is 17.3. The van der Waals surface area contributed by atoms with E-state index >= 15 is 0 Å². The fourth-order valence-corrected chi connectivity index (χ4v) is 3.41. The van der Waals surface area contributed by atoms with Crippen molar-refractivity contribution in [3.63, 3.8) is 0 Å². The number of guanidine groups is 1. The van der Waals surface area contributed by atoms with E-state index < -0.39 is 0 Å². The highest BCUT2D eigenvalue weighted by atomic mass is 32.1. The topological polar surface area (TPSA) is 71.4 Å². The summed E-state index contributed by atoms with van der Waals surface area (Å²) in [5, 5.41) is 7.67. The van der Waals surface area contributed by atoms with E-state index in [1.807, 2.05) is 12.3 Å². The lowest BCUT2D eigenvalue weighted by molar-refractivity contribution is 0.457. The van der Waals surface area contributed by atoms with Crippen LogP contribution < -0.4 is 15.4 Å². The SMILES string of the molecule is CCc1cnc(CCNC(=NC)NCc2ccc(Oc3cccc(F)c3)nc2)s1. The monoisotopic (exact) mass is 413 g/mol. The molecule has 0 bridgehead atoms. The molecule has 152 valence electrons. The first kappa shape index (κ1) is 20.7. The maximum Gasteiger partial charge on any atom is 0.219 e. The van der Waals surface area contributed by atoms with Gasteiger partial charge in [-0.1, -0.05) is 19.1 Å². The molecule has 3 rings (SSSR count). The Balaban J connectivity index is 1.44. The van der Waals surface area contributed by atoms with Crippen molar-refractivity contribution < 1.29 is 9.13 Å². The minimum Gasteiger partial charge on any atom is -0.439 e. The molecule has 0 aliphatic heterocycles. The summed E-state index contributed by atoms with van der Waals surface area (Å²) in [5.41, 5.74) is 0.979. The van der Waals surface area contributed by atoms with Crippen molar-refractivity contribution in [3.8, 4) is 11.6 Å². The zero-order valence-electron chi connectivity index (χ0n) is 16.5. The van der Waals surface area contributed by atoms with Gasteiger partial charge in [0.25, 0.3) is 0 Å². The quantitative estimate of drug-likeness (QED) is 0.432. The zero-order chi connectivity index (χ0) is 20.5. The number of hydrogen-bond donors (Lipinski definition) is 2. The molecule has 8 heteroatoms. The summed E-state index contributed by atoms with van der Waals surface area (Å²) in [5.74, 6) is 1.20. The first-order chi connectivity index (χ1) is 14.2. The fourth-order valence-electron chi connectivity index (χ4n) is 2.55. The smallest absolute Gasteiger partial charge is 0.219 e. The number of pyridine rings is 1. The number of halogens is 1. The third-order valence-corrected chi connectivity index (χ3v) is 5.28. The van der Waals surface area contributed by atoms with Crippen LogP contribution in [0.25, 0.3) is 0 Å². The Labute approximate surface area is 173 Å². The van der Waals surface area contributed by atoms with E-state index in [4.69, 9.17) is 4.74 Å². The largest absolute Gasteiger partial charge is 0.439 e. The number of aromatic nitrogens is 2. The van der Waals surface area contributed by atoms with Crippen molar-refractivity contribution in [3.05, 3.63) is 70.1 Å². The van der Waals surface area contributed by atoms with Crippen LogP contribution in [0.2, 0.25) is 0 Å². The first-order valence-corrected chi connectivity index (χ1v) is 10.2. The molecule has 1 aromatic carbocycles. The highest BCUT2D eigenvalue weighted by Crippen LogP contribution is 2.20. The van der Waals surface area contributed by atoms with Crippen LogP contribution in [0.5, 0.6) is 11.6 Å². The van der Waals surface area contributed by atoms with Gasteiger partial charge in [0.05, 0.1) is 5.01 Å². The Kier molecular flexibility index (Phi) is 7.52. The van der Waals surface area contributed by atoms with Gasteiger partial charge in [0.2, 0.25) is 5.88 Å². The molecule has 0 saturated carbocycles. The van der Waals surface area contributed by atoms with Gasteiger partial charge in [-0.05, 0) is 24.1 Å². The van der Waals surface area contributed by atoms with Crippen molar-refractivity contribution in [1.82, 2.24) is 20.6 Å². The number of nitrogens with one attached hydrogen (secondary N) is 2. The molecule has 6 nitrogen and oxygen atoms in total. The van der Waals surface area contributed by atoms with Crippen LogP contribution in [-0.4, -0.2) is 29.5 Å². The van der Waals surface area contributed by atoms with Gasteiger partial charge in [0.15, 0.2) is 5.96 Å². The Morgan fingerprint density at radius 1 is 1.17 bits per heavy atom. The second-order valence-corrected chi connectivity index (χ2v) is 7.44. The molecule has 0 aliphatic carbocycles. The van der Waals surface area contributed by atoms with Crippen LogP contribution in [0, 0.1) is 5.82 Å². The molecule has 0 atom stereocenters. The van der Waals surface area contributed by atoms with Crippen molar-refractivity contribution >= 4 is 17.3 Å². The van der Waals surface area contributed by atoms with E-state index in [9.17, 15) is 4.39 Å². The highest BCUT2D eigenvalue weighted by Gasteiger charge is 2.04. The lowest BCUT2D eigenvalue weighted by Gasteiger charge is -2.11. The third-order valence-electron chi connectivity index (χ3n) is 4.08. The van der Waals surface area contributed by atoms with E-state index in [0.29, 0.717) is 18.2 Å². The second kappa shape index (κ2) is 10.5. The lowest BCUT2D eigenvalue weighted by Crippen LogP contribution is -2.37. The van der Waals surface area contributed by atoms with Crippen LogP contribution >= 0.6 is 11.3 Å². The highest BCUT2D eigenvalue weighted by molar-refractivity contribution is 7.11. The molecule has 0 saturated heterocycles. The lowest BCUT2D eigenvalue weighted by atomic mass is 10.3. The molecule has 0 amide bonds. The molecule has 0 fully saturated rings. The van der Waals surface area contributed by atoms with E-state index in [2.05, 4.69) is 32.5 Å². The minimum absolute atomic E-state index is 0.345. The Hall–Kier alpha value is -3.00. The van der Waals surface area contributed by atoms with Crippen molar-refractivity contribution in [2.24, 2.45) is 4.99 Å². The Bertz CT molecular complexity index is 942. The van der Waals surface area contributed by atoms with Crippen molar-refractivity contribution in [2.75, 3.05) is 13.6 Å². The van der Waals surface area contributed by atoms with E-state index in [-0.39, 0.29) is 5.82 Å². The number of thiazole rings is 1. The molecular weight excluding hydrogens is 389 g/mol. The summed E-state index contributed by atoms with van der Waals surface area (Å²) in [4.78, 5) is 14.2. The molecule has 0 aliphatic rings. The molecule has 2 N–H and O–H groups in total. The first-order valence-electron chi connectivity index (χ1n) is 9.42. The fraction of sp³-hybridized carbons (Fsp3) is 0.286. The third kappa shape index (κ3) is 6.53. The van der Waals surface area contributed by atoms with Crippen molar-refractivity contribution in [1.29, 1.82) is 0 Å². The molecule has 0 unspecified atom stereocenters. The molecular formula is C21H24FN5OS. The van der Waals surface area contributed by atoms with Gasteiger partial charge < -0.3 is 15.4 Å². The molecule has 2 aromatic heterocycles. The average molecular weight is 414 g/mol. The summed E-state index contributed by atoms with van der Waals surface area (Å²) in [6, 6.07) is 9.63. The summed E-state index contributed by atoms with van der Waals surface area (Å²) in [7, 11) is 1.74. The van der Waals surface area contributed by atoms with Crippen LogP contribution in [0.3, 0.4) is 0 Å². The number of ether oxygens (including phenoxy) is 1. The second-order valence-electron chi connectivity index (χ2n) is 6.24. The number of benzene rings is 1. The predicted octanol–water partition coefficient (Wildman–Crippen LogP) is 3.94. The molecule has 0 radical (unpaired) electrons. The number of hydrogen-bond acceptors (Lipinski definition) is 5. The van der Waals surface area contributed by atoms with Crippen LogP contribution in [0.4, 0.5) is 4.39 Å². The van der Waals surface area contributed by atoms with E-state index in [0.717, 1.165) is 35.9 Å². The van der Waals surface area contributed by atoms with Gasteiger partial charge in [-0.15, -0.1) is 11.3 Å². The van der Waals surface area contributed by atoms with Gasteiger partial charge >= 0.3 is 0 Å². The van der Waals surface area contributed by atoms with Crippen LogP contribution in [-0.2, 0) is 19.4 Å². The van der Waals surface area contributed by atoms with Gasteiger partial charge in [-0.3, -0.25) is 4.99 Å². The molecule has 0 spiro atoms. The molecule has 29 heavy (non-hydrogen) atoms. The maximum atomic E-state index is 13.2. The summed E-state index contributed by atoms with van der Waals surface area (Å²) >= 11 is 1.75. The summed E-state index contributed by atoms with van der Waals surface area (Å²) in [6.07, 6.45) is 5.55.